The molecule has 2 aromatic carbocycles. The predicted molar refractivity (Wildman–Crippen MR) is 124 cm³/mol. The highest BCUT2D eigenvalue weighted by Gasteiger charge is 2.31. The number of piperazine rings is 1. The summed E-state index contributed by atoms with van der Waals surface area (Å²) in [5.74, 6) is 0.0988. The van der Waals surface area contributed by atoms with E-state index in [1.54, 1.807) is 0 Å². The monoisotopic (exact) mass is 472 g/mol. The molecule has 3 aromatic rings. The van der Waals surface area contributed by atoms with E-state index in [2.05, 4.69) is 46.2 Å². The molecule has 1 aromatic heterocycles. The van der Waals surface area contributed by atoms with Gasteiger partial charge in [0.05, 0.1) is 10.5 Å². The second-order valence-electron chi connectivity index (χ2n) is 8.04. The van der Waals surface area contributed by atoms with E-state index in [-0.39, 0.29) is 23.0 Å². The van der Waals surface area contributed by atoms with Gasteiger partial charge in [0.15, 0.2) is 0 Å². The molecule has 34 heavy (non-hydrogen) atoms. The summed E-state index contributed by atoms with van der Waals surface area (Å²) in [5.41, 5.74) is 2.67. The number of anilines is 4. The molecule has 2 heterocycles. The van der Waals surface area contributed by atoms with Crippen molar-refractivity contribution in [3.05, 3.63) is 75.6 Å². The number of hydrogen-bond acceptors (Lipinski definition) is 7. The van der Waals surface area contributed by atoms with Gasteiger partial charge in [-0.15, -0.1) is 0 Å². The summed E-state index contributed by atoms with van der Waals surface area (Å²) in [6.07, 6.45) is -3.25. The first-order chi connectivity index (χ1) is 16.1. The van der Waals surface area contributed by atoms with Crippen LogP contribution in [-0.4, -0.2) is 41.1 Å². The Kier molecular flexibility index (Phi) is 6.27. The Balaban J connectivity index is 1.55. The van der Waals surface area contributed by atoms with E-state index in [4.69, 9.17) is 0 Å². The van der Waals surface area contributed by atoms with Crippen molar-refractivity contribution in [3.8, 4) is 0 Å². The average Bonchev–Trinajstić information content (AvgIpc) is 2.80. The minimum atomic E-state index is -4.47. The van der Waals surface area contributed by atoms with Crippen LogP contribution in [-0.2, 0) is 6.18 Å². The van der Waals surface area contributed by atoms with Gasteiger partial charge < -0.3 is 15.1 Å². The Morgan fingerprint density at radius 1 is 0.971 bits per heavy atom. The van der Waals surface area contributed by atoms with Crippen LogP contribution in [0.15, 0.2) is 48.8 Å². The number of rotatable bonds is 5. The average molecular weight is 472 g/mol. The predicted octanol–water partition coefficient (Wildman–Crippen LogP) is 5.09. The van der Waals surface area contributed by atoms with Gasteiger partial charge in [-0.1, -0.05) is 12.1 Å². The van der Waals surface area contributed by atoms with Crippen molar-refractivity contribution in [1.82, 2.24) is 9.97 Å². The number of benzene rings is 2. The molecular formula is C23H23F3N6O2. The zero-order valence-corrected chi connectivity index (χ0v) is 18.6. The normalized spacial score (nSPS) is 14.3. The van der Waals surface area contributed by atoms with Crippen LogP contribution in [0.25, 0.3) is 0 Å². The summed E-state index contributed by atoms with van der Waals surface area (Å²) in [7, 11) is 0. The lowest BCUT2D eigenvalue weighted by molar-refractivity contribution is -0.383. The first-order valence-electron chi connectivity index (χ1n) is 10.6. The summed E-state index contributed by atoms with van der Waals surface area (Å²) >= 11 is 0. The van der Waals surface area contributed by atoms with E-state index < -0.39 is 16.7 Å². The Labute approximate surface area is 194 Å². The number of nitro groups is 1. The maximum atomic E-state index is 12.8. The quantitative estimate of drug-likeness (QED) is 0.409. The number of aryl methyl sites for hydroxylation is 1. The molecule has 0 radical (unpaired) electrons. The number of alkyl halides is 3. The molecule has 1 aliphatic rings. The lowest BCUT2D eigenvalue weighted by Gasteiger charge is -2.37. The largest absolute Gasteiger partial charge is 0.416 e. The van der Waals surface area contributed by atoms with E-state index in [1.165, 1.54) is 29.6 Å². The van der Waals surface area contributed by atoms with Gasteiger partial charge in [-0.3, -0.25) is 10.1 Å². The molecule has 4 rings (SSSR count). The lowest BCUT2D eigenvalue weighted by atomic mass is 10.1. The van der Waals surface area contributed by atoms with Crippen LogP contribution in [0.1, 0.15) is 16.7 Å². The topological polar surface area (TPSA) is 87.4 Å². The van der Waals surface area contributed by atoms with Crippen molar-refractivity contribution in [2.45, 2.75) is 20.0 Å². The Morgan fingerprint density at radius 2 is 1.62 bits per heavy atom. The van der Waals surface area contributed by atoms with Gasteiger partial charge in [-0.2, -0.15) is 13.2 Å². The number of nitrogens with one attached hydrogen (secondary N) is 1. The fourth-order valence-corrected chi connectivity index (χ4v) is 3.98. The van der Waals surface area contributed by atoms with Crippen molar-refractivity contribution >= 4 is 28.7 Å². The van der Waals surface area contributed by atoms with Crippen LogP contribution in [0.3, 0.4) is 0 Å². The third-order valence-corrected chi connectivity index (χ3v) is 5.96. The van der Waals surface area contributed by atoms with Gasteiger partial charge in [0.1, 0.15) is 6.33 Å². The zero-order chi connectivity index (χ0) is 24.5. The molecule has 1 N–H and O–H groups in total. The number of hydrogen-bond donors (Lipinski definition) is 1. The van der Waals surface area contributed by atoms with Gasteiger partial charge in [0.2, 0.25) is 11.6 Å². The molecular weight excluding hydrogens is 449 g/mol. The molecule has 178 valence electrons. The SMILES string of the molecule is Cc1cccc(N2CCN(c3ncnc(Nc4ccc(C(F)(F)F)cc4)c3[N+](=O)[O-])CC2)c1C. The van der Waals surface area contributed by atoms with Gasteiger partial charge >= 0.3 is 11.9 Å². The molecule has 0 atom stereocenters. The van der Waals surface area contributed by atoms with Crippen LogP contribution in [0.5, 0.6) is 0 Å². The molecule has 1 fully saturated rings. The molecule has 1 aliphatic heterocycles. The minimum absolute atomic E-state index is 0.0771. The summed E-state index contributed by atoms with van der Waals surface area (Å²) in [4.78, 5) is 23.6. The van der Waals surface area contributed by atoms with Gasteiger partial charge in [-0.25, -0.2) is 9.97 Å². The first kappa shape index (κ1) is 23.3. The summed E-state index contributed by atoms with van der Waals surface area (Å²) < 4.78 is 38.4. The molecule has 0 aliphatic carbocycles. The van der Waals surface area contributed by atoms with E-state index in [1.807, 2.05) is 11.0 Å². The Hall–Kier alpha value is -3.89. The molecule has 0 saturated carbocycles. The standard InChI is InChI=1S/C23H23F3N6O2/c1-15-4-3-5-19(16(15)2)30-10-12-31(13-11-30)22-20(32(33)34)21(27-14-28-22)29-18-8-6-17(7-9-18)23(24,25)26/h3-9,14H,10-13H2,1-2H3,(H,27,28,29). The van der Waals surface area contributed by atoms with Gasteiger partial charge in [0, 0.05) is 37.6 Å². The van der Waals surface area contributed by atoms with Crippen molar-refractivity contribution < 1.29 is 18.1 Å². The zero-order valence-electron chi connectivity index (χ0n) is 18.6. The van der Waals surface area contributed by atoms with Crippen LogP contribution >= 0.6 is 0 Å². The second kappa shape index (κ2) is 9.16. The molecule has 0 unspecified atom stereocenters. The number of nitrogens with zero attached hydrogens (tertiary/aromatic N) is 5. The molecule has 0 spiro atoms. The fraction of sp³-hybridized carbons (Fsp3) is 0.304. The van der Waals surface area contributed by atoms with E-state index >= 15 is 0 Å². The highest BCUT2D eigenvalue weighted by Crippen LogP contribution is 2.35. The smallest absolute Gasteiger partial charge is 0.368 e. The lowest BCUT2D eigenvalue weighted by Crippen LogP contribution is -2.47. The first-order valence-corrected chi connectivity index (χ1v) is 10.6. The van der Waals surface area contributed by atoms with Crippen molar-refractivity contribution in [1.29, 1.82) is 0 Å². The van der Waals surface area contributed by atoms with Crippen molar-refractivity contribution in [2.24, 2.45) is 0 Å². The van der Waals surface area contributed by atoms with E-state index in [0.717, 1.165) is 17.8 Å². The van der Waals surface area contributed by atoms with Crippen LogP contribution in [0.4, 0.5) is 41.9 Å². The van der Waals surface area contributed by atoms with Gasteiger partial charge in [0.25, 0.3) is 0 Å². The van der Waals surface area contributed by atoms with Crippen LogP contribution < -0.4 is 15.1 Å². The summed E-state index contributed by atoms with van der Waals surface area (Å²) in [6, 6.07) is 10.4. The molecule has 11 heteroatoms. The van der Waals surface area contributed by atoms with Crippen LogP contribution in [0.2, 0.25) is 0 Å². The van der Waals surface area contributed by atoms with Crippen molar-refractivity contribution in [2.75, 3.05) is 41.3 Å². The van der Waals surface area contributed by atoms with E-state index in [9.17, 15) is 23.3 Å². The Bertz CT molecular complexity index is 1190. The van der Waals surface area contributed by atoms with Crippen molar-refractivity contribution in [3.63, 3.8) is 0 Å². The highest BCUT2D eigenvalue weighted by atomic mass is 19.4. The maximum absolute atomic E-state index is 12.8. The number of halogens is 3. The molecule has 0 bridgehead atoms. The summed E-state index contributed by atoms with van der Waals surface area (Å²) in [6.45, 7) is 6.49. The summed E-state index contributed by atoms with van der Waals surface area (Å²) in [5, 5.41) is 14.7. The Morgan fingerprint density at radius 3 is 2.24 bits per heavy atom. The maximum Gasteiger partial charge on any atom is 0.416 e. The number of aromatic nitrogens is 2. The van der Waals surface area contributed by atoms with Crippen LogP contribution in [0, 0.1) is 24.0 Å². The molecule has 0 amide bonds. The van der Waals surface area contributed by atoms with Gasteiger partial charge in [-0.05, 0) is 55.3 Å². The third kappa shape index (κ3) is 4.73. The fourth-order valence-electron chi connectivity index (χ4n) is 3.98. The third-order valence-electron chi connectivity index (χ3n) is 5.96. The second-order valence-corrected chi connectivity index (χ2v) is 8.04. The minimum Gasteiger partial charge on any atom is -0.368 e. The van der Waals surface area contributed by atoms with E-state index in [0.29, 0.717) is 26.2 Å². The molecule has 8 nitrogen and oxygen atoms in total. The highest BCUT2D eigenvalue weighted by molar-refractivity contribution is 5.74. The molecule has 1 saturated heterocycles.